The summed E-state index contributed by atoms with van der Waals surface area (Å²) in [4.78, 5) is 2.77. The van der Waals surface area contributed by atoms with Gasteiger partial charge >= 0.3 is 0 Å². The summed E-state index contributed by atoms with van der Waals surface area (Å²) in [6.45, 7) is 0. The Balaban J connectivity index is 1.33. The average molecular weight is 637 g/mol. The van der Waals surface area contributed by atoms with Gasteiger partial charge in [0.2, 0.25) is 0 Å². The number of para-hydroxylation sites is 2. The lowest BCUT2D eigenvalue weighted by Crippen LogP contribution is -2.00. The third kappa shape index (κ3) is 4.17. The highest BCUT2D eigenvalue weighted by atomic mass is 79.9. The fraction of sp³-hybridized carbons (Fsp3) is 0.0526. The Morgan fingerprint density at radius 3 is 1.42 bits per heavy atom. The summed E-state index contributed by atoms with van der Waals surface area (Å²) < 4.78 is 5.88. The molecule has 0 aliphatic carbocycles. The van der Waals surface area contributed by atoms with Gasteiger partial charge in [-0.05, 0) is 107 Å². The Hall–Kier alpha value is -4.19. The smallest absolute Gasteiger partial charge is 0.139 e. The summed E-state index contributed by atoms with van der Waals surface area (Å²) in [5.74, 6) is 0. The predicted molar refractivity (Wildman–Crippen MR) is 193 cm³/mol. The van der Waals surface area contributed by atoms with Crippen LogP contribution < -0.4 is 5.46 Å². The predicted octanol–water partition coefficient (Wildman–Crippen LogP) is 9.38. The maximum Gasteiger partial charge on any atom is 0.139 e. The van der Waals surface area contributed by atoms with Crippen molar-refractivity contribution in [2.45, 2.75) is 9.79 Å². The van der Waals surface area contributed by atoms with Gasteiger partial charge in [-0.3, -0.25) is 0 Å². The van der Waals surface area contributed by atoms with Gasteiger partial charge in [0.25, 0.3) is 0 Å². The Kier molecular flexibility index (Phi) is 6.11. The van der Waals surface area contributed by atoms with E-state index < -0.39 is 10.0 Å². The molecule has 0 fully saturated rings. The van der Waals surface area contributed by atoms with Crippen LogP contribution in [0.2, 0.25) is 0 Å². The zero-order valence-corrected chi connectivity index (χ0v) is 26.8. The van der Waals surface area contributed by atoms with Gasteiger partial charge in [-0.15, -0.1) is 0 Å². The Morgan fingerprint density at radius 1 is 0.488 bits per heavy atom. The molecule has 0 aliphatic rings. The molecule has 208 valence electrons. The molecule has 0 N–H and O–H groups in total. The lowest BCUT2D eigenvalue weighted by Gasteiger charge is -2.32. The summed E-state index contributed by atoms with van der Waals surface area (Å²) in [5, 5.41) is 5.17. The monoisotopic (exact) mass is 636 g/mol. The van der Waals surface area contributed by atoms with E-state index in [-0.39, 0.29) is 0 Å². The molecule has 5 heteroatoms. The molecule has 2 nitrogen and oxygen atoms in total. The summed E-state index contributed by atoms with van der Waals surface area (Å²) in [6, 6.07) is 49.1. The van der Waals surface area contributed by atoms with Crippen LogP contribution in [-0.4, -0.2) is 29.5 Å². The van der Waals surface area contributed by atoms with E-state index in [0.29, 0.717) is 0 Å². The maximum atomic E-state index is 3.74. The van der Waals surface area contributed by atoms with Crippen molar-refractivity contribution in [3.05, 3.63) is 138 Å². The number of rotatable bonds is 4. The lowest BCUT2D eigenvalue weighted by atomic mass is 9.94. The molecule has 0 bridgehead atoms. The van der Waals surface area contributed by atoms with E-state index in [0.717, 1.165) is 4.47 Å². The van der Waals surface area contributed by atoms with Crippen LogP contribution in [0.4, 0.5) is 0 Å². The van der Waals surface area contributed by atoms with Crippen LogP contribution in [-0.2, 0) is 0 Å². The molecule has 6 aromatic carbocycles. The van der Waals surface area contributed by atoms with Crippen molar-refractivity contribution >= 4 is 82.9 Å². The van der Waals surface area contributed by atoms with Gasteiger partial charge < -0.3 is 9.13 Å². The normalized spacial score (nSPS) is 12.5. The molecular formula is C38H30BBrN2S. The molecule has 8 aromatic rings. The van der Waals surface area contributed by atoms with Crippen LogP contribution in [0, 0.1) is 0 Å². The second kappa shape index (κ2) is 9.94. The van der Waals surface area contributed by atoms with Gasteiger partial charge in [-0.1, -0.05) is 69.9 Å². The number of fused-ring (bicyclic) bond motifs is 6. The molecule has 0 saturated carbocycles. The Labute approximate surface area is 262 Å². The van der Waals surface area contributed by atoms with Crippen LogP contribution in [0.1, 0.15) is 0 Å². The van der Waals surface area contributed by atoms with Gasteiger partial charge in [0.1, 0.15) is 7.85 Å². The number of aromatic nitrogens is 2. The van der Waals surface area contributed by atoms with E-state index in [1.165, 1.54) is 70.2 Å². The molecule has 0 saturated heterocycles. The van der Waals surface area contributed by atoms with E-state index in [1.54, 1.807) is 0 Å². The van der Waals surface area contributed by atoms with E-state index in [1.807, 2.05) is 0 Å². The topological polar surface area (TPSA) is 9.86 Å². The third-order valence-corrected chi connectivity index (χ3v) is 12.2. The molecule has 0 unspecified atom stereocenters. The van der Waals surface area contributed by atoms with Crippen molar-refractivity contribution in [2.75, 3.05) is 12.5 Å². The van der Waals surface area contributed by atoms with Gasteiger partial charge in [0, 0.05) is 37.4 Å². The second-order valence-corrected chi connectivity index (χ2v) is 16.2. The Morgan fingerprint density at radius 2 is 0.907 bits per heavy atom. The number of halogens is 1. The summed E-state index contributed by atoms with van der Waals surface area (Å²) in [7, 11) is 0.864. The van der Waals surface area contributed by atoms with Gasteiger partial charge in [-0.25, -0.2) is 0 Å². The molecule has 2 heterocycles. The van der Waals surface area contributed by atoms with Gasteiger partial charge in [0.15, 0.2) is 0 Å². The number of hydrogen-bond donors (Lipinski definition) is 0. The zero-order chi connectivity index (χ0) is 29.3. The summed E-state index contributed by atoms with van der Waals surface area (Å²) in [6.07, 6.45) is 4.87. The molecule has 0 amide bonds. The number of hydrogen-bond acceptors (Lipinski definition) is 0. The first-order valence-corrected chi connectivity index (χ1v) is 17.8. The fourth-order valence-corrected chi connectivity index (χ4v) is 8.85. The molecule has 0 spiro atoms. The molecule has 2 aromatic heterocycles. The quantitative estimate of drug-likeness (QED) is 0.170. The number of nitrogens with zero attached hydrogens (tertiary/aromatic N) is 2. The molecule has 8 rings (SSSR count). The first kappa shape index (κ1) is 26.4. The van der Waals surface area contributed by atoms with Crippen molar-refractivity contribution in [1.29, 1.82) is 0 Å². The van der Waals surface area contributed by atoms with Crippen molar-refractivity contribution in [3.8, 4) is 11.4 Å². The van der Waals surface area contributed by atoms with Crippen LogP contribution in [0.5, 0.6) is 0 Å². The third-order valence-electron chi connectivity index (χ3n) is 8.80. The minimum Gasteiger partial charge on any atom is -0.309 e. The minimum atomic E-state index is -1.32. The molecule has 0 atom stereocenters. The number of benzene rings is 6. The fourth-order valence-electron chi connectivity index (χ4n) is 6.57. The lowest BCUT2D eigenvalue weighted by molar-refractivity contribution is 1.18. The van der Waals surface area contributed by atoms with E-state index in [2.05, 4.69) is 179 Å². The van der Waals surface area contributed by atoms with E-state index in [4.69, 9.17) is 0 Å². The molecule has 0 aliphatic heterocycles. The first-order valence-electron chi connectivity index (χ1n) is 14.5. The van der Waals surface area contributed by atoms with Crippen molar-refractivity contribution < 1.29 is 0 Å². The van der Waals surface area contributed by atoms with Crippen LogP contribution in [0.15, 0.2) is 148 Å². The maximum absolute atomic E-state index is 3.74. The molecule has 43 heavy (non-hydrogen) atoms. The Bertz CT molecular complexity index is 2170. The van der Waals surface area contributed by atoms with Crippen molar-refractivity contribution in [3.63, 3.8) is 0 Å². The summed E-state index contributed by atoms with van der Waals surface area (Å²) >= 11 is 3.74. The van der Waals surface area contributed by atoms with Crippen LogP contribution in [0.3, 0.4) is 0 Å². The largest absolute Gasteiger partial charge is 0.309 e. The van der Waals surface area contributed by atoms with Crippen molar-refractivity contribution in [2.24, 2.45) is 0 Å². The highest BCUT2D eigenvalue weighted by Crippen LogP contribution is 2.58. The average Bonchev–Trinajstić information content (AvgIpc) is 3.53. The molecular weight excluding hydrogens is 607 g/mol. The SMILES string of the molecule is Bc1ccc2c(c1)c1cc(S(C)(C)c3ccc4c(c3)c3cc(Br)ccc3n4-c3ccccc3)ccc1n2-c1ccccc1. The van der Waals surface area contributed by atoms with E-state index in [9.17, 15) is 0 Å². The van der Waals surface area contributed by atoms with Gasteiger partial charge in [0.05, 0.1) is 22.1 Å². The standard InChI is InChI=1S/C38H30BBrN2S/c1-43(2,29-15-19-37-33(23-29)31-21-25(39)13-17-35(31)41(37)27-9-5-3-6-10-27)30-16-20-38-34(24-30)32-22-26(40)14-18-36(32)42(38)28-11-7-4-8-12-28/h3-24H,39H2,1-2H3. The minimum absolute atomic E-state index is 1.10. The van der Waals surface area contributed by atoms with E-state index >= 15 is 0 Å². The highest BCUT2D eigenvalue weighted by Gasteiger charge is 2.22. The van der Waals surface area contributed by atoms with Crippen LogP contribution >= 0.6 is 26.0 Å². The first-order chi connectivity index (χ1) is 20.9. The van der Waals surface area contributed by atoms with Crippen LogP contribution in [0.25, 0.3) is 55.0 Å². The summed E-state index contributed by atoms with van der Waals surface area (Å²) in [5.41, 5.74) is 8.60. The second-order valence-electron chi connectivity index (χ2n) is 11.7. The molecule has 0 radical (unpaired) electrons. The van der Waals surface area contributed by atoms with Gasteiger partial charge in [-0.2, -0.15) is 10.0 Å². The highest BCUT2D eigenvalue weighted by molar-refractivity contribution is 9.10. The van der Waals surface area contributed by atoms with Crippen molar-refractivity contribution in [1.82, 2.24) is 9.13 Å². The zero-order valence-electron chi connectivity index (χ0n) is 24.4.